The Bertz CT molecular complexity index is 457. The van der Waals surface area contributed by atoms with E-state index < -0.39 is 5.97 Å². The predicted octanol–water partition coefficient (Wildman–Crippen LogP) is 4.33. The van der Waals surface area contributed by atoms with Gasteiger partial charge in [0, 0.05) is 0 Å². The van der Waals surface area contributed by atoms with E-state index in [-0.39, 0.29) is 4.48 Å². The molecule has 0 atom stereocenters. The monoisotopic (exact) mass is 304 g/mol. The maximum absolute atomic E-state index is 9.55. The molecule has 0 aliphatic rings. The van der Waals surface area contributed by atoms with E-state index in [2.05, 4.69) is 71.0 Å². The van der Waals surface area contributed by atoms with Crippen molar-refractivity contribution >= 4 is 21.9 Å². The highest BCUT2D eigenvalue weighted by atomic mass is 79.9. The predicted molar refractivity (Wildman–Crippen MR) is 77.6 cm³/mol. The number of aliphatic carboxylic acids is 1. The van der Waals surface area contributed by atoms with Crippen molar-refractivity contribution in [1.82, 2.24) is 0 Å². The Kier molecular flexibility index (Phi) is 5.88. The zero-order valence-electron chi connectivity index (χ0n) is 9.71. The normalized spacial score (nSPS) is 8.94. The van der Waals surface area contributed by atoms with E-state index >= 15 is 0 Å². The molecule has 0 heterocycles. The Labute approximate surface area is 115 Å². The van der Waals surface area contributed by atoms with Gasteiger partial charge in [-0.15, -0.1) is 0 Å². The molecule has 0 aliphatic heterocycles. The van der Waals surface area contributed by atoms with E-state index in [1.807, 2.05) is 12.1 Å². The molecule has 0 spiro atoms. The lowest BCUT2D eigenvalue weighted by molar-refractivity contribution is -0.131. The third kappa shape index (κ3) is 4.97. The van der Waals surface area contributed by atoms with Crippen molar-refractivity contribution in [2.45, 2.75) is 0 Å². The van der Waals surface area contributed by atoms with Crippen LogP contribution in [0.3, 0.4) is 0 Å². The van der Waals surface area contributed by atoms with Gasteiger partial charge in [-0.1, -0.05) is 67.2 Å². The van der Waals surface area contributed by atoms with Crippen LogP contribution in [0.1, 0.15) is 0 Å². The van der Waals surface area contributed by atoms with Gasteiger partial charge in [-0.05, 0) is 27.1 Å². The second kappa shape index (κ2) is 7.45. The summed E-state index contributed by atoms with van der Waals surface area (Å²) < 4.78 is -0.0116. The van der Waals surface area contributed by atoms with Crippen molar-refractivity contribution in [3.63, 3.8) is 0 Å². The summed E-state index contributed by atoms with van der Waals surface area (Å²) in [4.78, 5) is 9.55. The van der Waals surface area contributed by atoms with E-state index in [9.17, 15) is 4.79 Å². The molecule has 0 aliphatic carbocycles. The standard InChI is InChI=1S/C12H10.C3H3BrO2/c1-3-7-11(8-4-1)12-9-5-2-6-10-12;1-2(4)3(5)6/h1-10H;1H2,(H,5,6). The zero-order valence-corrected chi connectivity index (χ0v) is 11.3. The molecule has 2 nitrogen and oxygen atoms in total. The van der Waals surface area contributed by atoms with Crippen LogP contribution in [0.5, 0.6) is 0 Å². The molecule has 2 aromatic rings. The molecule has 0 unspecified atom stereocenters. The van der Waals surface area contributed by atoms with Crippen LogP contribution in [-0.2, 0) is 4.79 Å². The lowest BCUT2D eigenvalue weighted by Crippen LogP contribution is -1.89. The van der Waals surface area contributed by atoms with Crippen molar-refractivity contribution in [3.8, 4) is 11.1 Å². The second-order valence-corrected chi connectivity index (χ2v) is 4.40. The van der Waals surface area contributed by atoms with Crippen molar-refractivity contribution < 1.29 is 9.90 Å². The molecule has 0 radical (unpaired) electrons. The number of carboxylic acid groups (broad SMARTS) is 1. The summed E-state index contributed by atoms with van der Waals surface area (Å²) in [5.74, 6) is -1.02. The van der Waals surface area contributed by atoms with Crippen LogP contribution in [0.4, 0.5) is 0 Å². The number of carboxylic acids is 1. The van der Waals surface area contributed by atoms with E-state index in [4.69, 9.17) is 5.11 Å². The molecule has 18 heavy (non-hydrogen) atoms. The van der Waals surface area contributed by atoms with Crippen LogP contribution in [0.2, 0.25) is 0 Å². The first kappa shape index (κ1) is 14.2. The molecule has 92 valence electrons. The highest BCUT2D eigenvalue weighted by Crippen LogP contribution is 2.17. The van der Waals surface area contributed by atoms with E-state index in [0.29, 0.717) is 0 Å². The highest BCUT2D eigenvalue weighted by Gasteiger charge is 1.93. The van der Waals surface area contributed by atoms with Crippen LogP contribution in [0.15, 0.2) is 71.7 Å². The molecule has 0 fully saturated rings. The summed E-state index contributed by atoms with van der Waals surface area (Å²) in [5, 5.41) is 7.84. The molecule has 1 N–H and O–H groups in total. The summed E-state index contributed by atoms with van der Waals surface area (Å²) >= 11 is 2.64. The van der Waals surface area contributed by atoms with Gasteiger partial charge in [0.25, 0.3) is 0 Å². The fourth-order valence-corrected chi connectivity index (χ4v) is 1.26. The SMILES string of the molecule is C=C(Br)C(=O)O.c1ccc(-c2ccccc2)cc1. The maximum Gasteiger partial charge on any atom is 0.342 e. The minimum atomic E-state index is -1.02. The van der Waals surface area contributed by atoms with Gasteiger partial charge in [-0.25, -0.2) is 4.79 Å². The Morgan fingerprint density at radius 2 is 1.17 bits per heavy atom. The largest absolute Gasteiger partial charge is 0.477 e. The van der Waals surface area contributed by atoms with Gasteiger partial charge >= 0.3 is 5.97 Å². The van der Waals surface area contributed by atoms with Gasteiger partial charge in [-0.3, -0.25) is 0 Å². The lowest BCUT2D eigenvalue weighted by atomic mass is 10.1. The Hall–Kier alpha value is -1.87. The Balaban J connectivity index is 0.000000232. The summed E-state index contributed by atoms with van der Waals surface area (Å²) in [5.41, 5.74) is 2.55. The summed E-state index contributed by atoms with van der Waals surface area (Å²) in [6, 6.07) is 20.8. The van der Waals surface area contributed by atoms with Crippen LogP contribution >= 0.6 is 15.9 Å². The minimum Gasteiger partial charge on any atom is -0.477 e. The van der Waals surface area contributed by atoms with Crippen molar-refractivity contribution in [1.29, 1.82) is 0 Å². The fraction of sp³-hybridized carbons (Fsp3) is 0. The average molecular weight is 305 g/mol. The van der Waals surface area contributed by atoms with Crippen LogP contribution in [0, 0.1) is 0 Å². The number of halogens is 1. The van der Waals surface area contributed by atoms with Gasteiger partial charge in [-0.2, -0.15) is 0 Å². The zero-order chi connectivity index (χ0) is 13.4. The first-order valence-electron chi connectivity index (χ1n) is 5.29. The van der Waals surface area contributed by atoms with Crippen molar-refractivity contribution in [2.24, 2.45) is 0 Å². The molecule has 0 amide bonds. The van der Waals surface area contributed by atoms with E-state index in [1.54, 1.807) is 0 Å². The first-order chi connectivity index (χ1) is 8.61. The Morgan fingerprint density at radius 3 is 1.39 bits per heavy atom. The van der Waals surface area contributed by atoms with Gasteiger partial charge < -0.3 is 5.11 Å². The van der Waals surface area contributed by atoms with Gasteiger partial charge in [0.2, 0.25) is 0 Å². The van der Waals surface area contributed by atoms with Gasteiger partial charge in [0.05, 0.1) is 4.48 Å². The maximum atomic E-state index is 9.55. The van der Waals surface area contributed by atoms with E-state index in [1.165, 1.54) is 11.1 Å². The number of hydrogen-bond acceptors (Lipinski definition) is 1. The van der Waals surface area contributed by atoms with Gasteiger partial charge in [0.15, 0.2) is 0 Å². The smallest absolute Gasteiger partial charge is 0.342 e. The first-order valence-corrected chi connectivity index (χ1v) is 6.08. The third-order valence-electron chi connectivity index (χ3n) is 2.11. The van der Waals surface area contributed by atoms with Crippen LogP contribution < -0.4 is 0 Å². The topological polar surface area (TPSA) is 37.3 Å². The van der Waals surface area contributed by atoms with Gasteiger partial charge in [0.1, 0.15) is 0 Å². The summed E-state index contributed by atoms with van der Waals surface area (Å²) in [6.07, 6.45) is 0. The van der Waals surface area contributed by atoms with Crippen molar-refractivity contribution in [3.05, 3.63) is 71.7 Å². The molecule has 0 bridgehead atoms. The van der Waals surface area contributed by atoms with Crippen molar-refractivity contribution in [2.75, 3.05) is 0 Å². The fourth-order valence-electron chi connectivity index (χ4n) is 1.26. The molecule has 0 saturated heterocycles. The number of hydrogen-bond donors (Lipinski definition) is 1. The highest BCUT2D eigenvalue weighted by molar-refractivity contribution is 9.12. The number of benzene rings is 2. The average Bonchev–Trinajstić information content (AvgIpc) is 2.41. The number of rotatable bonds is 2. The minimum absolute atomic E-state index is 0.0116. The molecular weight excluding hydrogens is 292 g/mol. The molecule has 3 heteroatoms. The molecule has 2 aromatic carbocycles. The second-order valence-electron chi connectivity index (χ2n) is 3.44. The lowest BCUT2D eigenvalue weighted by Gasteiger charge is -1.98. The third-order valence-corrected chi connectivity index (χ3v) is 2.45. The summed E-state index contributed by atoms with van der Waals surface area (Å²) in [7, 11) is 0. The molecule has 0 aromatic heterocycles. The Morgan fingerprint density at radius 1 is 0.889 bits per heavy atom. The number of carbonyl (C=O) groups is 1. The van der Waals surface area contributed by atoms with E-state index in [0.717, 1.165) is 0 Å². The van der Waals surface area contributed by atoms with Crippen LogP contribution in [-0.4, -0.2) is 11.1 Å². The quantitative estimate of drug-likeness (QED) is 0.838. The molecular formula is C15H13BrO2. The molecule has 2 rings (SSSR count). The van der Waals surface area contributed by atoms with Crippen LogP contribution in [0.25, 0.3) is 11.1 Å². The summed E-state index contributed by atoms with van der Waals surface area (Å²) in [6.45, 7) is 3.07. The molecule has 0 saturated carbocycles.